The van der Waals surface area contributed by atoms with Crippen molar-refractivity contribution in [1.29, 1.82) is 0 Å². The van der Waals surface area contributed by atoms with Gasteiger partial charge in [-0.3, -0.25) is 14.6 Å². The number of amides is 2. The molecule has 0 radical (unpaired) electrons. The Labute approximate surface area is 227 Å². The van der Waals surface area contributed by atoms with E-state index >= 15 is 0 Å². The first-order valence-corrected chi connectivity index (χ1v) is 13.7. The van der Waals surface area contributed by atoms with Gasteiger partial charge in [-0.25, -0.2) is 9.97 Å². The molecule has 4 aliphatic rings. The van der Waals surface area contributed by atoms with Crippen LogP contribution in [0.5, 0.6) is 0 Å². The summed E-state index contributed by atoms with van der Waals surface area (Å²) in [5.74, 6) is 1.60. The highest BCUT2D eigenvalue weighted by molar-refractivity contribution is 6.02. The van der Waals surface area contributed by atoms with Gasteiger partial charge in [-0.15, -0.1) is 0 Å². The zero-order valence-corrected chi connectivity index (χ0v) is 22.0. The second kappa shape index (κ2) is 11.0. The Hall–Kier alpha value is -3.99. The number of nitrogens with one attached hydrogen (secondary N) is 1. The minimum absolute atomic E-state index is 0.0602. The van der Waals surface area contributed by atoms with Crippen LogP contribution in [0.25, 0.3) is 5.57 Å². The van der Waals surface area contributed by atoms with E-state index in [1.807, 2.05) is 35.3 Å². The lowest BCUT2D eigenvalue weighted by atomic mass is 9.93. The number of piperidine rings is 1. The lowest BCUT2D eigenvalue weighted by Crippen LogP contribution is -2.49. The average molecular weight is 531 g/mol. The number of anilines is 2. The number of fused-ring (bicyclic) bond motifs is 1. The molecule has 2 unspecified atom stereocenters. The first-order chi connectivity index (χ1) is 19.1. The van der Waals surface area contributed by atoms with Crippen molar-refractivity contribution < 1.29 is 14.3 Å². The summed E-state index contributed by atoms with van der Waals surface area (Å²) in [6, 6.07) is 5.42. The lowest BCUT2D eigenvalue weighted by molar-refractivity contribution is -0.139. The van der Waals surface area contributed by atoms with Crippen LogP contribution in [0.1, 0.15) is 30.7 Å². The Kier molecular flexibility index (Phi) is 7.14. The number of ether oxygens (including phenoxy) is 1. The van der Waals surface area contributed by atoms with Gasteiger partial charge in [-0.2, -0.15) is 0 Å². The summed E-state index contributed by atoms with van der Waals surface area (Å²) in [4.78, 5) is 43.9. The van der Waals surface area contributed by atoms with Crippen LogP contribution in [0, 0.1) is 11.8 Å². The van der Waals surface area contributed by atoms with Gasteiger partial charge in [0, 0.05) is 38.9 Å². The van der Waals surface area contributed by atoms with Crippen LogP contribution in [-0.4, -0.2) is 83.0 Å². The van der Waals surface area contributed by atoms with Gasteiger partial charge >= 0.3 is 0 Å². The number of imidazole rings is 1. The van der Waals surface area contributed by atoms with E-state index in [0.29, 0.717) is 64.0 Å². The zero-order valence-electron chi connectivity index (χ0n) is 22.0. The van der Waals surface area contributed by atoms with Gasteiger partial charge in [0.05, 0.1) is 31.6 Å². The molecule has 2 aromatic rings. The fourth-order valence-electron chi connectivity index (χ4n) is 5.75. The smallest absolute Gasteiger partial charge is 0.232 e. The third kappa shape index (κ3) is 5.18. The molecule has 3 aliphatic heterocycles. The number of hydrogen-bond donors (Lipinski definition) is 2. The number of carbonyl (C=O) groups excluding carboxylic acids is 2. The van der Waals surface area contributed by atoms with Gasteiger partial charge in [0.2, 0.25) is 17.8 Å². The Morgan fingerprint density at radius 1 is 1.13 bits per heavy atom. The Bertz CT molecular complexity index is 1330. The number of aromatic nitrogens is 3. The van der Waals surface area contributed by atoms with Crippen LogP contribution >= 0.6 is 0 Å². The second-order valence-corrected chi connectivity index (χ2v) is 10.3. The van der Waals surface area contributed by atoms with Crippen LogP contribution in [0.3, 0.4) is 0 Å². The molecule has 204 valence electrons. The molecule has 11 nitrogen and oxygen atoms in total. The van der Waals surface area contributed by atoms with Gasteiger partial charge in [-0.1, -0.05) is 24.3 Å². The SMILES string of the molecule is NC1=NCCn2c(N3CCCC(C(=O)N4CCOCC4)C3)nc(C3=CCC(C(=O)Nc4ccccn4)C=C3)c21. The molecule has 2 amide bonds. The summed E-state index contributed by atoms with van der Waals surface area (Å²) < 4.78 is 7.58. The molecule has 0 aromatic carbocycles. The van der Waals surface area contributed by atoms with Crippen molar-refractivity contribution in [3.05, 3.63) is 54.0 Å². The molecule has 2 fully saturated rings. The maximum atomic E-state index is 13.2. The van der Waals surface area contributed by atoms with Crippen LogP contribution < -0.4 is 16.0 Å². The highest BCUT2D eigenvalue weighted by Gasteiger charge is 2.34. The Morgan fingerprint density at radius 2 is 2.00 bits per heavy atom. The molecule has 5 heterocycles. The molecule has 2 aromatic heterocycles. The average Bonchev–Trinajstić information content (AvgIpc) is 3.39. The number of nitrogens with zero attached hydrogens (tertiary/aromatic N) is 6. The van der Waals surface area contributed by atoms with E-state index in [0.717, 1.165) is 42.3 Å². The summed E-state index contributed by atoms with van der Waals surface area (Å²) in [6.07, 6.45) is 9.90. The number of allylic oxidation sites excluding steroid dienone is 3. The number of hydrogen-bond acceptors (Lipinski definition) is 8. The van der Waals surface area contributed by atoms with Crippen LogP contribution in [0.2, 0.25) is 0 Å². The van der Waals surface area contributed by atoms with E-state index in [2.05, 4.69) is 24.8 Å². The van der Waals surface area contributed by atoms with Gasteiger partial charge in [0.25, 0.3) is 0 Å². The predicted octanol–water partition coefficient (Wildman–Crippen LogP) is 1.67. The maximum absolute atomic E-state index is 13.2. The highest BCUT2D eigenvalue weighted by atomic mass is 16.5. The normalized spacial score (nSPS) is 23.1. The minimum Gasteiger partial charge on any atom is -0.382 e. The molecule has 1 aliphatic carbocycles. The molecule has 0 spiro atoms. The van der Waals surface area contributed by atoms with Gasteiger partial charge in [0.1, 0.15) is 23.0 Å². The molecule has 6 rings (SSSR count). The highest BCUT2D eigenvalue weighted by Crippen LogP contribution is 2.33. The number of pyridine rings is 1. The van der Waals surface area contributed by atoms with E-state index in [1.165, 1.54) is 0 Å². The summed E-state index contributed by atoms with van der Waals surface area (Å²) in [6.45, 7) is 5.27. The van der Waals surface area contributed by atoms with Crippen molar-refractivity contribution in [3.8, 4) is 0 Å². The summed E-state index contributed by atoms with van der Waals surface area (Å²) in [5.41, 5.74) is 8.91. The van der Waals surface area contributed by atoms with Gasteiger partial charge in [-0.05, 0) is 37.0 Å². The van der Waals surface area contributed by atoms with E-state index in [9.17, 15) is 9.59 Å². The maximum Gasteiger partial charge on any atom is 0.232 e. The van der Waals surface area contributed by atoms with E-state index in [4.69, 9.17) is 15.5 Å². The van der Waals surface area contributed by atoms with Gasteiger partial charge in [0.15, 0.2) is 0 Å². The number of nitrogens with two attached hydrogens (primary N) is 1. The number of morpholine rings is 1. The van der Waals surface area contributed by atoms with Gasteiger partial charge < -0.3 is 30.2 Å². The predicted molar refractivity (Wildman–Crippen MR) is 148 cm³/mol. The van der Waals surface area contributed by atoms with Crippen molar-refractivity contribution in [2.75, 3.05) is 56.2 Å². The largest absolute Gasteiger partial charge is 0.382 e. The van der Waals surface area contributed by atoms with E-state index in [-0.39, 0.29) is 23.7 Å². The molecular formula is C28H34N8O3. The fraction of sp³-hybridized carbons (Fsp3) is 0.464. The summed E-state index contributed by atoms with van der Waals surface area (Å²) >= 11 is 0. The topological polar surface area (TPSA) is 131 Å². The van der Waals surface area contributed by atoms with Crippen molar-refractivity contribution in [3.63, 3.8) is 0 Å². The molecule has 39 heavy (non-hydrogen) atoms. The molecule has 11 heteroatoms. The number of amidine groups is 1. The van der Waals surface area contributed by atoms with Crippen LogP contribution in [0.4, 0.5) is 11.8 Å². The van der Waals surface area contributed by atoms with Crippen molar-refractivity contribution in [2.45, 2.75) is 25.8 Å². The quantitative estimate of drug-likeness (QED) is 0.601. The fourth-order valence-corrected chi connectivity index (χ4v) is 5.75. The molecule has 2 saturated heterocycles. The second-order valence-electron chi connectivity index (χ2n) is 10.3. The Morgan fingerprint density at radius 3 is 2.77 bits per heavy atom. The van der Waals surface area contributed by atoms with Crippen LogP contribution in [-0.2, 0) is 20.9 Å². The van der Waals surface area contributed by atoms with E-state index < -0.39 is 0 Å². The summed E-state index contributed by atoms with van der Waals surface area (Å²) in [7, 11) is 0. The summed E-state index contributed by atoms with van der Waals surface area (Å²) in [5, 5.41) is 2.87. The van der Waals surface area contributed by atoms with Crippen molar-refractivity contribution in [2.24, 2.45) is 22.6 Å². The third-order valence-corrected chi connectivity index (χ3v) is 7.80. The molecule has 0 saturated carbocycles. The third-order valence-electron chi connectivity index (χ3n) is 7.80. The number of carbonyl (C=O) groups is 2. The van der Waals surface area contributed by atoms with Crippen LogP contribution in [0.15, 0.2) is 47.6 Å². The zero-order chi connectivity index (χ0) is 26.8. The molecule has 2 atom stereocenters. The van der Waals surface area contributed by atoms with Crippen molar-refractivity contribution in [1.82, 2.24) is 19.4 Å². The number of aliphatic imine (C=N–C) groups is 1. The molecule has 3 N–H and O–H groups in total. The lowest BCUT2D eigenvalue weighted by Gasteiger charge is -2.37. The minimum atomic E-state index is -0.297. The first-order valence-electron chi connectivity index (χ1n) is 13.7. The standard InChI is InChI=1S/C28H34N8O3/c29-25-24-23(19-6-8-20(9-7-19)26(37)32-22-5-1-2-10-30-22)33-28(36(24)13-11-31-25)35-12-3-4-21(18-35)27(38)34-14-16-39-17-15-34/h1-2,5-8,10,20-21H,3-4,9,11-18H2,(H2,29,31)(H,30,32,37). The first kappa shape index (κ1) is 25.3. The van der Waals surface area contributed by atoms with E-state index in [1.54, 1.807) is 12.3 Å². The monoisotopic (exact) mass is 530 g/mol. The molecule has 0 bridgehead atoms. The molecular weight excluding hydrogens is 496 g/mol. The Balaban J connectivity index is 1.21. The van der Waals surface area contributed by atoms with Crippen molar-refractivity contribution >= 4 is 35.0 Å². The number of rotatable bonds is 5.